The molecule has 1 amide bonds. The van der Waals surface area contributed by atoms with Gasteiger partial charge in [0.05, 0.1) is 11.3 Å². The summed E-state index contributed by atoms with van der Waals surface area (Å²) in [5, 5.41) is 0. The number of primary amides is 1. The molecule has 17 heavy (non-hydrogen) atoms. The molecule has 0 fully saturated rings. The molecule has 0 radical (unpaired) electrons. The third-order valence-electron chi connectivity index (χ3n) is 2.61. The van der Waals surface area contributed by atoms with Crippen LogP contribution in [0.1, 0.15) is 48.3 Å². The van der Waals surface area contributed by atoms with Crippen LogP contribution in [0.2, 0.25) is 0 Å². The van der Waals surface area contributed by atoms with Gasteiger partial charge in [-0.3, -0.25) is 9.59 Å². The maximum atomic E-state index is 11.8. The van der Waals surface area contributed by atoms with Gasteiger partial charge in [0.1, 0.15) is 0 Å². The highest BCUT2D eigenvalue weighted by atomic mass is 16.1. The van der Waals surface area contributed by atoms with E-state index in [-0.39, 0.29) is 5.56 Å². The van der Waals surface area contributed by atoms with Crippen molar-refractivity contribution >= 4 is 11.5 Å². The van der Waals surface area contributed by atoms with Crippen LogP contribution in [0, 0.1) is 0 Å². The van der Waals surface area contributed by atoms with Crippen LogP contribution in [0.15, 0.2) is 17.4 Å². The number of hydrogen-bond acceptors (Lipinski definition) is 2. The second kappa shape index (κ2) is 5.48. The highest BCUT2D eigenvalue weighted by molar-refractivity contribution is 5.97. The van der Waals surface area contributed by atoms with Crippen LogP contribution in [0.4, 0.5) is 0 Å². The van der Waals surface area contributed by atoms with Crippen LogP contribution in [0.3, 0.4) is 0 Å². The predicted octanol–water partition coefficient (Wildman–Crippen LogP) is 1.85. The quantitative estimate of drug-likeness (QED) is 0.815. The first kappa shape index (κ1) is 13.2. The van der Waals surface area contributed by atoms with Crippen LogP contribution in [-0.2, 0) is 6.42 Å². The lowest BCUT2D eigenvalue weighted by Gasteiger charge is -2.08. The number of nitrogens with one attached hydrogen (secondary N) is 1. The zero-order valence-electron chi connectivity index (χ0n) is 10.3. The third kappa shape index (κ3) is 3.06. The van der Waals surface area contributed by atoms with Crippen molar-refractivity contribution in [1.82, 2.24) is 4.98 Å². The summed E-state index contributed by atoms with van der Waals surface area (Å²) in [7, 11) is 0. The lowest BCUT2D eigenvalue weighted by molar-refractivity contribution is 0.0999. The molecule has 3 N–H and O–H groups in total. The first-order chi connectivity index (χ1) is 7.97. The maximum Gasteiger partial charge on any atom is 0.251 e. The van der Waals surface area contributed by atoms with E-state index >= 15 is 0 Å². The highest BCUT2D eigenvalue weighted by Gasteiger charge is 2.13. The molecule has 0 bridgehead atoms. The fraction of sp³-hybridized carbons (Fsp3) is 0.385. The zero-order chi connectivity index (χ0) is 13.0. The third-order valence-corrected chi connectivity index (χ3v) is 2.61. The fourth-order valence-electron chi connectivity index (χ4n) is 1.66. The number of hydrogen-bond donors (Lipinski definition) is 2. The van der Waals surface area contributed by atoms with E-state index in [1.54, 1.807) is 13.0 Å². The summed E-state index contributed by atoms with van der Waals surface area (Å²) in [5.41, 5.74) is 7.13. The summed E-state index contributed by atoms with van der Waals surface area (Å²) in [6, 6.07) is 1.58. The van der Waals surface area contributed by atoms with E-state index in [1.165, 1.54) is 0 Å². The smallest absolute Gasteiger partial charge is 0.251 e. The Labute approximate surface area is 101 Å². The van der Waals surface area contributed by atoms with Crippen LogP contribution < -0.4 is 11.3 Å². The van der Waals surface area contributed by atoms with E-state index in [4.69, 9.17) is 5.73 Å². The number of allylic oxidation sites excluding steroid dienone is 1. The van der Waals surface area contributed by atoms with Crippen molar-refractivity contribution in [2.24, 2.45) is 5.73 Å². The van der Waals surface area contributed by atoms with E-state index in [0.717, 1.165) is 12.8 Å². The number of aromatic nitrogens is 1. The molecule has 1 heterocycles. The topological polar surface area (TPSA) is 75.9 Å². The number of pyridine rings is 1. The summed E-state index contributed by atoms with van der Waals surface area (Å²) in [5.74, 6) is -0.544. The van der Waals surface area contributed by atoms with Gasteiger partial charge < -0.3 is 10.7 Å². The Morgan fingerprint density at radius 1 is 1.53 bits per heavy atom. The minimum absolute atomic E-state index is 0.165. The zero-order valence-corrected chi connectivity index (χ0v) is 10.3. The highest BCUT2D eigenvalue weighted by Crippen LogP contribution is 2.14. The van der Waals surface area contributed by atoms with Gasteiger partial charge in [0.25, 0.3) is 11.5 Å². The minimum Gasteiger partial charge on any atom is -0.366 e. The van der Waals surface area contributed by atoms with E-state index in [1.807, 2.05) is 6.92 Å². The molecule has 0 saturated heterocycles. The molecular weight excluding hydrogens is 216 g/mol. The lowest BCUT2D eigenvalue weighted by atomic mass is 10.0. The van der Waals surface area contributed by atoms with E-state index in [0.29, 0.717) is 28.8 Å². The maximum absolute atomic E-state index is 11.8. The Morgan fingerprint density at radius 2 is 2.18 bits per heavy atom. The molecule has 0 saturated carbocycles. The molecule has 0 aliphatic carbocycles. The first-order valence-electron chi connectivity index (χ1n) is 5.69. The molecule has 1 rings (SSSR count). The molecule has 0 aromatic carbocycles. The van der Waals surface area contributed by atoms with Crippen LogP contribution in [-0.4, -0.2) is 10.9 Å². The Balaban J connectivity index is 3.30. The second-order valence-electron chi connectivity index (χ2n) is 4.16. The van der Waals surface area contributed by atoms with Gasteiger partial charge in [-0.1, -0.05) is 19.9 Å². The van der Waals surface area contributed by atoms with Gasteiger partial charge in [-0.2, -0.15) is 0 Å². The van der Waals surface area contributed by atoms with Gasteiger partial charge in [-0.15, -0.1) is 0 Å². The van der Waals surface area contributed by atoms with Gasteiger partial charge in [-0.05, 0) is 31.4 Å². The average Bonchev–Trinajstić information content (AvgIpc) is 2.26. The number of aryl methyl sites for hydroxylation is 1. The van der Waals surface area contributed by atoms with Gasteiger partial charge >= 0.3 is 0 Å². The van der Waals surface area contributed by atoms with Gasteiger partial charge in [0, 0.05) is 5.56 Å². The fourth-order valence-corrected chi connectivity index (χ4v) is 1.66. The van der Waals surface area contributed by atoms with Crippen molar-refractivity contribution < 1.29 is 4.79 Å². The standard InChI is InChI=1S/C13H18N2O2/c1-4-5-6-9-7-10(12(14)16)11(8(2)3)15-13(9)17/h7H,2,4-6H2,1,3H3,(H2,14,16)(H,15,17). The van der Waals surface area contributed by atoms with Crippen molar-refractivity contribution in [3.63, 3.8) is 0 Å². The number of carbonyl (C=O) groups is 1. The molecule has 0 atom stereocenters. The average molecular weight is 234 g/mol. The molecule has 1 aromatic rings. The van der Waals surface area contributed by atoms with Crippen molar-refractivity contribution in [2.45, 2.75) is 33.1 Å². The number of nitrogens with two attached hydrogens (primary N) is 1. The van der Waals surface area contributed by atoms with Crippen LogP contribution in [0.5, 0.6) is 0 Å². The first-order valence-corrected chi connectivity index (χ1v) is 5.69. The monoisotopic (exact) mass is 234 g/mol. The number of H-pyrrole nitrogens is 1. The number of rotatable bonds is 5. The second-order valence-corrected chi connectivity index (χ2v) is 4.16. The van der Waals surface area contributed by atoms with Gasteiger partial charge in [-0.25, -0.2) is 0 Å². The molecule has 4 nitrogen and oxygen atoms in total. The minimum atomic E-state index is -0.544. The Bertz CT molecular complexity index is 501. The molecular formula is C13H18N2O2. The van der Waals surface area contributed by atoms with Crippen molar-refractivity contribution in [1.29, 1.82) is 0 Å². The SMILES string of the molecule is C=C(C)c1[nH]c(=O)c(CCCC)cc1C(N)=O. The van der Waals surface area contributed by atoms with Crippen LogP contribution in [0.25, 0.3) is 5.57 Å². The normalized spacial score (nSPS) is 10.2. The van der Waals surface area contributed by atoms with Crippen molar-refractivity contribution in [2.75, 3.05) is 0 Å². The summed E-state index contributed by atoms with van der Waals surface area (Å²) < 4.78 is 0. The Kier molecular flexibility index (Phi) is 4.26. The van der Waals surface area contributed by atoms with E-state index in [2.05, 4.69) is 11.6 Å². The van der Waals surface area contributed by atoms with E-state index in [9.17, 15) is 9.59 Å². The number of carbonyl (C=O) groups excluding carboxylic acids is 1. The van der Waals surface area contributed by atoms with Gasteiger partial charge in [0.2, 0.25) is 0 Å². The molecule has 1 aromatic heterocycles. The number of unbranched alkanes of at least 4 members (excludes halogenated alkanes) is 1. The number of amides is 1. The predicted molar refractivity (Wildman–Crippen MR) is 68.9 cm³/mol. The molecule has 92 valence electrons. The van der Waals surface area contributed by atoms with Crippen LogP contribution >= 0.6 is 0 Å². The number of aromatic amines is 1. The summed E-state index contributed by atoms with van der Waals surface area (Å²) in [4.78, 5) is 25.8. The van der Waals surface area contributed by atoms with Crippen molar-refractivity contribution in [3.8, 4) is 0 Å². The van der Waals surface area contributed by atoms with Gasteiger partial charge in [0.15, 0.2) is 0 Å². The molecule has 4 heteroatoms. The molecule has 0 unspecified atom stereocenters. The summed E-state index contributed by atoms with van der Waals surface area (Å²) >= 11 is 0. The summed E-state index contributed by atoms with van der Waals surface area (Å²) in [6.45, 7) is 7.50. The Morgan fingerprint density at radius 3 is 2.65 bits per heavy atom. The summed E-state index contributed by atoms with van der Waals surface area (Å²) in [6.07, 6.45) is 2.56. The molecule has 0 aliphatic heterocycles. The van der Waals surface area contributed by atoms with E-state index < -0.39 is 5.91 Å². The Hall–Kier alpha value is -1.84. The molecule has 0 spiro atoms. The lowest BCUT2D eigenvalue weighted by Crippen LogP contribution is -2.21. The molecule has 0 aliphatic rings. The van der Waals surface area contributed by atoms with Crippen molar-refractivity contribution in [3.05, 3.63) is 39.8 Å². The largest absolute Gasteiger partial charge is 0.366 e.